The summed E-state index contributed by atoms with van der Waals surface area (Å²) in [5.74, 6) is 1.61. The number of hydrogen-bond donors (Lipinski definition) is 1. The van der Waals surface area contributed by atoms with Gasteiger partial charge in [0.25, 0.3) is 5.91 Å². The van der Waals surface area contributed by atoms with Crippen LogP contribution in [0, 0.1) is 5.92 Å². The van der Waals surface area contributed by atoms with Gasteiger partial charge in [0.2, 0.25) is 0 Å². The van der Waals surface area contributed by atoms with E-state index in [1.807, 2.05) is 24.3 Å². The molecule has 5 nitrogen and oxygen atoms in total. The maximum absolute atomic E-state index is 12.0. The molecule has 0 saturated carbocycles. The monoisotopic (exact) mass is 363 g/mol. The number of benzene rings is 2. The van der Waals surface area contributed by atoms with Crippen molar-refractivity contribution in [2.45, 2.75) is 25.8 Å². The van der Waals surface area contributed by atoms with E-state index in [2.05, 4.69) is 34.1 Å². The van der Waals surface area contributed by atoms with Crippen LogP contribution in [0.2, 0.25) is 0 Å². The Labute approximate surface area is 159 Å². The number of nitrogens with zero attached hydrogens (tertiary/aromatic N) is 2. The van der Waals surface area contributed by atoms with Crippen molar-refractivity contribution in [3.8, 4) is 0 Å². The predicted octanol–water partition coefficient (Wildman–Crippen LogP) is 3.41. The topological polar surface area (TPSA) is 56.1 Å². The molecule has 0 spiro atoms. The summed E-state index contributed by atoms with van der Waals surface area (Å²) in [6, 6.07) is 16.2. The van der Waals surface area contributed by atoms with Gasteiger partial charge in [-0.2, -0.15) is 0 Å². The lowest BCUT2D eigenvalue weighted by atomic mass is 9.96. The van der Waals surface area contributed by atoms with Gasteiger partial charge in [0.05, 0.1) is 11.0 Å². The minimum atomic E-state index is -0.0829. The fourth-order valence-corrected chi connectivity index (χ4v) is 3.77. The van der Waals surface area contributed by atoms with Gasteiger partial charge >= 0.3 is 0 Å². The Hall–Kier alpha value is -2.66. The number of carbonyl (C=O) groups excluding carboxylic acids is 1. The van der Waals surface area contributed by atoms with Crippen LogP contribution in [0.1, 0.15) is 34.6 Å². The summed E-state index contributed by atoms with van der Waals surface area (Å²) >= 11 is 0. The van der Waals surface area contributed by atoms with Crippen molar-refractivity contribution >= 4 is 16.9 Å². The zero-order valence-electron chi connectivity index (χ0n) is 15.6. The number of hydrogen-bond acceptors (Lipinski definition) is 3. The number of carbonyl (C=O) groups is 1. The fourth-order valence-electron chi connectivity index (χ4n) is 3.77. The third-order valence-electron chi connectivity index (χ3n) is 5.31. The summed E-state index contributed by atoms with van der Waals surface area (Å²) in [6.07, 6.45) is 3.11. The second kappa shape index (κ2) is 7.92. The smallest absolute Gasteiger partial charge is 0.251 e. The van der Waals surface area contributed by atoms with Crippen molar-refractivity contribution in [3.05, 3.63) is 65.5 Å². The third kappa shape index (κ3) is 3.88. The zero-order valence-corrected chi connectivity index (χ0v) is 15.6. The van der Waals surface area contributed by atoms with E-state index in [0.717, 1.165) is 55.9 Å². The quantitative estimate of drug-likeness (QED) is 0.756. The Balaban J connectivity index is 1.73. The lowest BCUT2D eigenvalue weighted by molar-refractivity contribution is 0.0658. The molecule has 140 valence electrons. The first-order valence-corrected chi connectivity index (χ1v) is 9.57. The maximum Gasteiger partial charge on any atom is 0.251 e. The highest BCUT2D eigenvalue weighted by Crippen LogP contribution is 2.25. The van der Waals surface area contributed by atoms with E-state index in [1.54, 1.807) is 7.05 Å². The van der Waals surface area contributed by atoms with Crippen molar-refractivity contribution in [1.82, 2.24) is 14.9 Å². The molecular formula is C22H25N3O2. The molecule has 1 saturated heterocycles. The molecule has 0 radical (unpaired) electrons. The Kier molecular flexibility index (Phi) is 5.21. The summed E-state index contributed by atoms with van der Waals surface area (Å²) in [5, 5.41) is 2.69. The van der Waals surface area contributed by atoms with Crippen molar-refractivity contribution < 1.29 is 9.53 Å². The molecule has 0 unspecified atom stereocenters. The van der Waals surface area contributed by atoms with Gasteiger partial charge in [0.15, 0.2) is 0 Å². The average molecular weight is 363 g/mol. The van der Waals surface area contributed by atoms with Crippen LogP contribution in [-0.4, -0.2) is 35.7 Å². The molecule has 2 aromatic carbocycles. The van der Waals surface area contributed by atoms with Crippen molar-refractivity contribution in [1.29, 1.82) is 0 Å². The van der Waals surface area contributed by atoms with Crippen LogP contribution in [-0.2, 0) is 17.7 Å². The maximum atomic E-state index is 12.0. The largest absolute Gasteiger partial charge is 0.381 e. The standard InChI is InChI=1S/C22H25N3O2/c1-23-22(26)18-7-8-20-19(14-18)24-21(13-16-9-11-27-12-10-16)25(20)15-17-5-3-2-4-6-17/h2-8,14,16H,9-13,15H2,1H3,(H,23,26). The van der Waals surface area contributed by atoms with Crippen LogP contribution in [0.5, 0.6) is 0 Å². The van der Waals surface area contributed by atoms with Gasteiger partial charge in [-0.05, 0) is 42.5 Å². The Morgan fingerprint density at radius 2 is 1.96 bits per heavy atom. The normalized spacial score (nSPS) is 15.1. The van der Waals surface area contributed by atoms with Gasteiger partial charge in [-0.15, -0.1) is 0 Å². The first-order chi connectivity index (χ1) is 13.2. The number of imidazole rings is 1. The average Bonchev–Trinajstić information content (AvgIpc) is 3.05. The summed E-state index contributed by atoms with van der Waals surface area (Å²) in [5.41, 5.74) is 3.86. The first kappa shape index (κ1) is 17.7. The predicted molar refractivity (Wildman–Crippen MR) is 106 cm³/mol. The number of rotatable bonds is 5. The van der Waals surface area contributed by atoms with Crippen LogP contribution in [0.3, 0.4) is 0 Å². The molecular weight excluding hydrogens is 338 g/mol. The van der Waals surface area contributed by atoms with Crippen LogP contribution in [0.4, 0.5) is 0 Å². The van der Waals surface area contributed by atoms with Gasteiger partial charge in [0.1, 0.15) is 5.82 Å². The van der Waals surface area contributed by atoms with Crippen molar-refractivity contribution in [3.63, 3.8) is 0 Å². The van der Waals surface area contributed by atoms with Crippen LogP contribution in [0.25, 0.3) is 11.0 Å². The van der Waals surface area contributed by atoms with E-state index in [0.29, 0.717) is 11.5 Å². The Bertz CT molecular complexity index is 927. The minimum Gasteiger partial charge on any atom is -0.381 e. The summed E-state index contributed by atoms with van der Waals surface area (Å²) in [4.78, 5) is 16.9. The molecule has 1 aliphatic rings. The summed E-state index contributed by atoms with van der Waals surface area (Å²) in [7, 11) is 1.65. The van der Waals surface area contributed by atoms with Crippen molar-refractivity contribution in [2.75, 3.05) is 20.3 Å². The molecule has 1 fully saturated rings. The number of amides is 1. The van der Waals surface area contributed by atoms with Gasteiger partial charge < -0.3 is 14.6 Å². The zero-order chi connectivity index (χ0) is 18.6. The third-order valence-corrected chi connectivity index (χ3v) is 5.31. The molecule has 1 amide bonds. The molecule has 1 aliphatic heterocycles. The number of ether oxygens (including phenoxy) is 1. The molecule has 2 heterocycles. The minimum absolute atomic E-state index is 0.0829. The molecule has 27 heavy (non-hydrogen) atoms. The lowest BCUT2D eigenvalue weighted by Gasteiger charge is -2.22. The molecule has 4 rings (SSSR count). The van der Waals surface area contributed by atoms with E-state index >= 15 is 0 Å². The highest BCUT2D eigenvalue weighted by molar-refractivity contribution is 5.97. The molecule has 0 bridgehead atoms. The molecule has 0 aliphatic carbocycles. The van der Waals surface area contributed by atoms with Gasteiger partial charge in [0, 0.05) is 38.8 Å². The number of fused-ring (bicyclic) bond motifs is 1. The fraction of sp³-hybridized carbons (Fsp3) is 0.364. The molecule has 1 aromatic heterocycles. The molecule has 3 aromatic rings. The Morgan fingerprint density at radius 3 is 2.70 bits per heavy atom. The van der Waals surface area contributed by atoms with E-state index in [4.69, 9.17) is 9.72 Å². The lowest BCUT2D eigenvalue weighted by Crippen LogP contribution is -2.19. The summed E-state index contributed by atoms with van der Waals surface area (Å²) in [6.45, 7) is 2.46. The van der Waals surface area contributed by atoms with Crippen LogP contribution < -0.4 is 5.32 Å². The van der Waals surface area contributed by atoms with E-state index in [-0.39, 0.29) is 5.91 Å². The Morgan fingerprint density at radius 1 is 1.19 bits per heavy atom. The number of nitrogens with one attached hydrogen (secondary N) is 1. The molecule has 0 atom stereocenters. The highest BCUT2D eigenvalue weighted by atomic mass is 16.5. The highest BCUT2D eigenvalue weighted by Gasteiger charge is 2.20. The number of aromatic nitrogens is 2. The second-order valence-electron chi connectivity index (χ2n) is 7.14. The second-order valence-corrected chi connectivity index (χ2v) is 7.14. The van der Waals surface area contributed by atoms with Crippen molar-refractivity contribution in [2.24, 2.45) is 5.92 Å². The van der Waals surface area contributed by atoms with E-state index in [9.17, 15) is 4.79 Å². The first-order valence-electron chi connectivity index (χ1n) is 9.57. The van der Waals surface area contributed by atoms with Gasteiger partial charge in [-0.25, -0.2) is 4.98 Å². The van der Waals surface area contributed by atoms with E-state index in [1.165, 1.54) is 5.56 Å². The molecule has 1 N–H and O–H groups in total. The van der Waals surface area contributed by atoms with Gasteiger partial charge in [-0.3, -0.25) is 4.79 Å². The SMILES string of the molecule is CNC(=O)c1ccc2c(c1)nc(CC1CCOCC1)n2Cc1ccccc1. The van der Waals surface area contributed by atoms with Gasteiger partial charge in [-0.1, -0.05) is 30.3 Å². The van der Waals surface area contributed by atoms with E-state index < -0.39 is 0 Å². The summed E-state index contributed by atoms with van der Waals surface area (Å²) < 4.78 is 7.80. The van der Waals surface area contributed by atoms with Crippen LogP contribution in [0.15, 0.2) is 48.5 Å². The molecule has 5 heteroatoms. The van der Waals surface area contributed by atoms with Crippen LogP contribution >= 0.6 is 0 Å².